The quantitative estimate of drug-likeness (QED) is 0.660. The number of thioether (sulfide) groups is 1. The van der Waals surface area contributed by atoms with Crippen molar-refractivity contribution < 1.29 is 19.8 Å². The molecule has 126 valence electrons. The van der Waals surface area contributed by atoms with Gasteiger partial charge in [0.25, 0.3) is 5.91 Å². The van der Waals surface area contributed by atoms with Gasteiger partial charge in [-0.2, -0.15) is 0 Å². The number of hydrogen-bond donors (Lipinski definition) is 1. The Kier molecular flexibility index (Phi) is 4.61. The number of carbonyl (C=O) groups is 2. The maximum Gasteiger partial charge on any atom is 0.335 e. The molecule has 1 heterocycles. The van der Waals surface area contributed by atoms with Crippen molar-refractivity contribution >= 4 is 51.9 Å². The van der Waals surface area contributed by atoms with E-state index in [0.29, 0.717) is 20.5 Å². The predicted octanol–water partition coefficient (Wildman–Crippen LogP) is 3.17. The van der Waals surface area contributed by atoms with Crippen molar-refractivity contribution in [1.29, 1.82) is 0 Å². The van der Waals surface area contributed by atoms with Crippen LogP contribution in [0, 0.1) is 6.92 Å². The molecule has 0 radical (unpaired) electrons. The molecule has 1 saturated heterocycles. The fourth-order valence-electron chi connectivity index (χ4n) is 2.40. The monoisotopic (exact) mass is 370 g/mol. The molecule has 1 N–H and O–H groups in total. The molecule has 0 saturated carbocycles. The van der Waals surface area contributed by atoms with Crippen LogP contribution in [-0.2, 0) is 4.79 Å². The molecule has 0 atom stereocenters. The predicted molar refractivity (Wildman–Crippen MR) is 99.7 cm³/mol. The highest BCUT2D eigenvalue weighted by Gasteiger charge is 2.34. The van der Waals surface area contributed by atoms with Crippen LogP contribution in [0.1, 0.15) is 21.5 Å². The van der Waals surface area contributed by atoms with Gasteiger partial charge in [0.15, 0.2) is 4.32 Å². The lowest BCUT2D eigenvalue weighted by Crippen LogP contribution is -2.28. The van der Waals surface area contributed by atoms with E-state index < -0.39 is 5.97 Å². The highest BCUT2D eigenvalue weighted by Crippen LogP contribution is 2.38. The van der Waals surface area contributed by atoms with E-state index in [2.05, 4.69) is 0 Å². The van der Waals surface area contributed by atoms with Crippen molar-refractivity contribution in [3.8, 4) is 5.75 Å². The Morgan fingerprint density at radius 1 is 1.28 bits per heavy atom. The summed E-state index contributed by atoms with van der Waals surface area (Å²) in [5, 5.41) is 21.0. The molecule has 1 aliphatic heterocycles. The Morgan fingerprint density at radius 3 is 2.68 bits per heavy atom. The normalized spacial score (nSPS) is 15.9. The first kappa shape index (κ1) is 17.2. The summed E-state index contributed by atoms with van der Waals surface area (Å²) in [5.74, 6) is -1.64. The van der Waals surface area contributed by atoms with Crippen molar-refractivity contribution in [3.63, 3.8) is 0 Å². The second-order valence-corrected chi connectivity index (χ2v) is 7.04. The molecule has 0 bridgehead atoms. The summed E-state index contributed by atoms with van der Waals surface area (Å²) in [7, 11) is 0. The van der Waals surface area contributed by atoms with Gasteiger partial charge in [-0.3, -0.25) is 9.69 Å². The van der Waals surface area contributed by atoms with Crippen LogP contribution in [0.25, 0.3) is 6.08 Å². The molecule has 0 unspecified atom stereocenters. The zero-order valence-electron chi connectivity index (χ0n) is 13.1. The molecular formula is C18H12NO4S2-. The van der Waals surface area contributed by atoms with Crippen molar-refractivity contribution in [2.24, 2.45) is 0 Å². The Bertz CT molecular complexity index is 936. The summed E-state index contributed by atoms with van der Waals surface area (Å²) in [6.07, 6.45) is 1.51. The zero-order valence-corrected chi connectivity index (χ0v) is 14.7. The van der Waals surface area contributed by atoms with E-state index in [0.717, 1.165) is 17.3 Å². The zero-order chi connectivity index (χ0) is 18.1. The molecule has 5 nitrogen and oxygen atoms in total. The molecule has 25 heavy (non-hydrogen) atoms. The molecule has 2 aromatic rings. The van der Waals surface area contributed by atoms with Crippen molar-refractivity contribution in [3.05, 3.63) is 64.1 Å². The Hall–Kier alpha value is -2.64. The number of anilines is 1. The average Bonchev–Trinajstić information content (AvgIpc) is 2.84. The van der Waals surface area contributed by atoms with Gasteiger partial charge >= 0.3 is 5.97 Å². The van der Waals surface area contributed by atoms with Gasteiger partial charge in [0, 0.05) is 0 Å². The lowest BCUT2D eigenvalue weighted by atomic mass is 10.1. The Balaban J connectivity index is 2.02. The molecular weight excluding hydrogens is 358 g/mol. The van der Waals surface area contributed by atoms with E-state index in [1.54, 1.807) is 31.2 Å². The third-order valence-electron chi connectivity index (χ3n) is 3.70. The van der Waals surface area contributed by atoms with Crippen molar-refractivity contribution in [2.45, 2.75) is 6.92 Å². The van der Waals surface area contributed by atoms with E-state index in [4.69, 9.17) is 17.3 Å². The summed E-state index contributed by atoms with van der Waals surface area (Å²) >= 11 is 6.38. The molecule has 7 heteroatoms. The maximum atomic E-state index is 12.8. The van der Waals surface area contributed by atoms with E-state index in [1.807, 2.05) is 0 Å². The number of carboxylic acid groups (broad SMARTS) is 1. The van der Waals surface area contributed by atoms with Crippen LogP contribution in [0.3, 0.4) is 0 Å². The first-order valence-electron chi connectivity index (χ1n) is 7.26. The molecule has 1 aliphatic rings. The lowest BCUT2D eigenvalue weighted by molar-refractivity contribution is -0.268. The number of para-hydroxylation sites is 1. The fraction of sp³-hybridized carbons (Fsp3) is 0.0556. The number of amides is 1. The SMILES string of the molecule is Cc1ccc(C(=O)O)cc1N1C(=O)/C(=C/c2ccccc2[O-])SC1=S. The summed E-state index contributed by atoms with van der Waals surface area (Å²) < 4.78 is 0.297. The Labute approximate surface area is 153 Å². The van der Waals surface area contributed by atoms with Crippen LogP contribution in [0.5, 0.6) is 5.75 Å². The standard InChI is InChI=1S/C18H13NO4S2/c1-10-6-7-12(17(22)23)8-13(10)19-16(21)15(25-18(19)24)9-11-4-2-3-5-14(11)20/h2-9,20H,1H3,(H,22,23)/p-1/b15-9-. The smallest absolute Gasteiger partial charge is 0.335 e. The van der Waals surface area contributed by atoms with Gasteiger partial charge in [-0.15, -0.1) is 5.75 Å². The Morgan fingerprint density at radius 2 is 2.00 bits per heavy atom. The van der Waals surface area contributed by atoms with Crippen LogP contribution < -0.4 is 10.0 Å². The molecule has 1 fully saturated rings. The van der Waals surface area contributed by atoms with E-state index in [1.165, 1.54) is 29.2 Å². The van der Waals surface area contributed by atoms with Gasteiger partial charge in [0.2, 0.25) is 0 Å². The summed E-state index contributed by atoms with van der Waals surface area (Å²) in [6.45, 7) is 1.77. The number of carboxylic acids is 1. The van der Waals surface area contributed by atoms with Gasteiger partial charge in [-0.25, -0.2) is 4.79 Å². The van der Waals surface area contributed by atoms with Gasteiger partial charge < -0.3 is 10.2 Å². The second kappa shape index (κ2) is 6.70. The molecule has 0 aromatic heterocycles. The molecule has 1 amide bonds. The number of carbonyl (C=O) groups excluding carboxylic acids is 1. The molecule has 2 aromatic carbocycles. The minimum atomic E-state index is -1.08. The van der Waals surface area contributed by atoms with Crippen LogP contribution in [0.4, 0.5) is 5.69 Å². The number of thiocarbonyl (C=S) groups is 1. The summed E-state index contributed by atoms with van der Waals surface area (Å²) in [5.41, 5.74) is 1.63. The number of aryl methyl sites for hydroxylation is 1. The average molecular weight is 370 g/mol. The highest BCUT2D eigenvalue weighted by atomic mass is 32.2. The van der Waals surface area contributed by atoms with E-state index in [9.17, 15) is 14.7 Å². The van der Waals surface area contributed by atoms with Crippen LogP contribution in [-0.4, -0.2) is 21.3 Å². The minimum Gasteiger partial charge on any atom is -0.872 e. The molecule has 3 rings (SSSR count). The minimum absolute atomic E-state index is 0.0727. The number of aromatic carboxylic acids is 1. The number of benzene rings is 2. The number of nitrogens with zero attached hydrogens (tertiary/aromatic N) is 1. The van der Waals surface area contributed by atoms with Crippen LogP contribution >= 0.6 is 24.0 Å². The fourth-order valence-corrected chi connectivity index (χ4v) is 3.68. The van der Waals surface area contributed by atoms with Crippen molar-refractivity contribution in [2.75, 3.05) is 4.90 Å². The molecule has 0 aliphatic carbocycles. The number of hydrogen-bond acceptors (Lipinski definition) is 5. The summed E-state index contributed by atoms with van der Waals surface area (Å²) in [6, 6.07) is 10.9. The third kappa shape index (κ3) is 3.29. The van der Waals surface area contributed by atoms with E-state index >= 15 is 0 Å². The van der Waals surface area contributed by atoms with E-state index in [-0.39, 0.29) is 17.2 Å². The largest absolute Gasteiger partial charge is 0.872 e. The van der Waals surface area contributed by atoms with Crippen LogP contribution in [0.2, 0.25) is 0 Å². The first-order chi connectivity index (χ1) is 11.9. The van der Waals surface area contributed by atoms with Gasteiger partial charge in [-0.1, -0.05) is 54.3 Å². The second-order valence-electron chi connectivity index (χ2n) is 5.36. The topological polar surface area (TPSA) is 80.7 Å². The number of rotatable bonds is 3. The molecule has 0 spiro atoms. The van der Waals surface area contributed by atoms with Gasteiger partial charge in [0.1, 0.15) is 0 Å². The lowest BCUT2D eigenvalue weighted by Gasteiger charge is -2.17. The third-order valence-corrected chi connectivity index (χ3v) is 5.00. The first-order valence-corrected chi connectivity index (χ1v) is 8.49. The van der Waals surface area contributed by atoms with Gasteiger partial charge in [-0.05, 0) is 36.3 Å². The summed E-state index contributed by atoms with van der Waals surface area (Å²) in [4.78, 5) is 25.6. The van der Waals surface area contributed by atoms with Crippen molar-refractivity contribution in [1.82, 2.24) is 0 Å². The maximum absolute atomic E-state index is 12.8. The van der Waals surface area contributed by atoms with Gasteiger partial charge in [0.05, 0.1) is 16.2 Å². The van der Waals surface area contributed by atoms with Crippen LogP contribution in [0.15, 0.2) is 47.4 Å². The highest BCUT2D eigenvalue weighted by molar-refractivity contribution is 8.27.